The topological polar surface area (TPSA) is 50.1 Å². The summed E-state index contributed by atoms with van der Waals surface area (Å²) in [5, 5.41) is 9.36. The van der Waals surface area contributed by atoms with E-state index in [1.54, 1.807) is 0 Å². The second-order valence-corrected chi connectivity index (χ2v) is 5.03. The molecule has 0 aliphatic heterocycles. The van der Waals surface area contributed by atoms with Crippen molar-refractivity contribution in [3.8, 4) is 6.07 Å². The van der Waals surface area contributed by atoms with E-state index in [1.165, 1.54) is 0 Å². The summed E-state index contributed by atoms with van der Waals surface area (Å²) in [5.41, 5.74) is 1.52. The fourth-order valence-electron chi connectivity index (χ4n) is 2.51. The molecule has 104 valence electrons. The number of benzene rings is 1. The molecule has 2 heterocycles. The van der Waals surface area contributed by atoms with Crippen LogP contribution in [0.4, 0.5) is 0 Å². The molecular weight excluding hydrogens is 262 g/mol. The number of hydrogen-bond acceptors (Lipinski definition) is 3. The van der Waals surface area contributed by atoms with E-state index in [-0.39, 0.29) is 5.92 Å². The van der Waals surface area contributed by atoms with Crippen molar-refractivity contribution in [2.75, 3.05) is 0 Å². The van der Waals surface area contributed by atoms with Crippen LogP contribution in [0.15, 0.2) is 57.4 Å². The Bertz CT molecular complexity index is 764. The fraction of sp³-hybridized carbons (Fsp3) is 0.167. The Hall–Kier alpha value is -2.73. The lowest BCUT2D eigenvalue weighted by Gasteiger charge is -2.14. The van der Waals surface area contributed by atoms with Gasteiger partial charge in [-0.15, -0.1) is 0 Å². The van der Waals surface area contributed by atoms with E-state index < -0.39 is 0 Å². The molecule has 3 nitrogen and oxygen atoms in total. The van der Waals surface area contributed by atoms with Gasteiger partial charge in [0.15, 0.2) is 0 Å². The van der Waals surface area contributed by atoms with E-state index in [4.69, 9.17) is 8.83 Å². The third-order valence-electron chi connectivity index (χ3n) is 3.48. The molecule has 0 amide bonds. The molecule has 0 atom stereocenters. The van der Waals surface area contributed by atoms with Gasteiger partial charge in [0.2, 0.25) is 0 Å². The third-order valence-corrected chi connectivity index (χ3v) is 3.48. The average molecular weight is 277 g/mol. The Kier molecular flexibility index (Phi) is 3.37. The zero-order valence-electron chi connectivity index (χ0n) is 12.0. The summed E-state index contributed by atoms with van der Waals surface area (Å²) in [5.74, 6) is 3.04. The second kappa shape index (κ2) is 5.34. The van der Waals surface area contributed by atoms with Gasteiger partial charge < -0.3 is 8.83 Å². The van der Waals surface area contributed by atoms with E-state index in [2.05, 4.69) is 6.07 Å². The van der Waals surface area contributed by atoms with Crippen LogP contribution in [-0.2, 0) is 0 Å². The van der Waals surface area contributed by atoms with Gasteiger partial charge >= 0.3 is 0 Å². The van der Waals surface area contributed by atoms with Gasteiger partial charge in [-0.3, -0.25) is 0 Å². The Morgan fingerprint density at radius 3 is 1.90 bits per heavy atom. The fourth-order valence-corrected chi connectivity index (χ4v) is 2.51. The van der Waals surface area contributed by atoms with Gasteiger partial charge in [-0.05, 0) is 49.7 Å². The van der Waals surface area contributed by atoms with Gasteiger partial charge in [0.05, 0.1) is 11.6 Å². The molecule has 0 bridgehead atoms. The second-order valence-electron chi connectivity index (χ2n) is 5.03. The SMILES string of the molecule is Cc1ccc(C(c2ccc(C)o2)c2ccccc2C#N)o1. The molecule has 0 aliphatic carbocycles. The van der Waals surface area contributed by atoms with Crippen LogP contribution in [0.25, 0.3) is 0 Å². The third kappa shape index (κ3) is 2.48. The molecule has 3 rings (SSSR count). The summed E-state index contributed by atoms with van der Waals surface area (Å²) < 4.78 is 11.6. The summed E-state index contributed by atoms with van der Waals surface area (Å²) in [4.78, 5) is 0. The first-order valence-corrected chi connectivity index (χ1v) is 6.80. The molecular formula is C18H15NO2. The van der Waals surface area contributed by atoms with Crippen LogP contribution >= 0.6 is 0 Å². The Morgan fingerprint density at radius 1 is 0.857 bits per heavy atom. The highest BCUT2D eigenvalue weighted by Gasteiger charge is 2.25. The molecule has 3 aromatic rings. The largest absolute Gasteiger partial charge is 0.465 e. The van der Waals surface area contributed by atoms with Crippen LogP contribution in [0.5, 0.6) is 0 Å². The molecule has 2 aromatic heterocycles. The van der Waals surface area contributed by atoms with Crippen molar-refractivity contribution in [2.24, 2.45) is 0 Å². The van der Waals surface area contributed by atoms with E-state index in [1.807, 2.05) is 62.4 Å². The number of nitriles is 1. The first kappa shape index (κ1) is 13.3. The van der Waals surface area contributed by atoms with Gasteiger partial charge in [0.1, 0.15) is 29.0 Å². The first-order valence-electron chi connectivity index (χ1n) is 6.80. The highest BCUT2D eigenvalue weighted by atomic mass is 16.4. The molecule has 0 spiro atoms. The number of furan rings is 2. The van der Waals surface area contributed by atoms with E-state index in [0.29, 0.717) is 5.56 Å². The Balaban J connectivity index is 2.19. The summed E-state index contributed by atoms with van der Waals surface area (Å²) in [7, 11) is 0. The van der Waals surface area contributed by atoms with E-state index in [9.17, 15) is 5.26 Å². The molecule has 0 radical (unpaired) electrons. The molecule has 3 heteroatoms. The summed E-state index contributed by atoms with van der Waals surface area (Å²) in [6.45, 7) is 3.81. The smallest absolute Gasteiger partial charge is 0.119 e. The highest BCUT2D eigenvalue weighted by Crippen LogP contribution is 2.35. The zero-order chi connectivity index (χ0) is 14.8. The molecule has 0 saturated heterocycles. The molecule has 0 fully saturated rings. The van der Waals surface area contributed by atoms with Crippen molar-refractivity contribution < 1.29 is 8.83 Å². The number of nitrogens with zero attached hydrogens (tertiary/aromatic N) is 1. The first-order chi connectivity index (χ1) is 10.2. The zero-order valence-corrected chi connectivity index (χ0v) is 12.0. The Morgan fingerprint density at radius 2 is 1.43 bits per heavy atom. The lowest BCUT2D eigenvalue weighted by molar-refractivity contribution is 0.428. The Labute approximate surface area is 123 Å². The van der Waals surface area contributed by atoms with Crippen molar-refractivity contribution in [3.63, 3.8) is 0 Å². The van der Waals surface area contributed by atoms with Gasteiger partial charge in [-0.2, -0.15) is 5.26 Å². The van der Waals surface area contributed by atoms with Gasteiger partial charge in [-0.25, -0.2) is 0 Å². The summed E-state index contributed by atoms with van der Waals surface area (Å²) >= 11 is 0. The lowest BCUT2D eigenvalue weighted by atomic mass is 9.90. The quantitative estimate of drug-likeness (QED) is 0.706. The highest BCUT2D eigenvalue weighted by molar-refractivity contribution is 5.46. The van der Waals surface area contributed by atoms with Crippen molar-refractivity contribution in [1.29, 1.82) is 5.26 Å². The molecule has 0 N–H and O–H groups in total. The molecule has 0 saturated carbocycles. The summed E-state index contributed by atoms with van der Waals surface area (Å²) in [6.07, 6.45) is 0. The van der Waals surface area contributed by atoms with Crippen LogP contribution < -0.4 is 0 Å². The lowest BCUT2D eigenvalue weighted by Crippen LogP contribution is -2.03. The van der Waals surface area contributed by atoms with E-state index >= 15 is 0 Å². The maximum atomic E-state index is 9.36. The van der Waals surface area contributed by atoms with Crippen molar-refractivity contribution in [2.45, 2.75) is 19.8 Å². The maximum absolute atomic E-state index is 9.36. The van der Waals surface area contributed by atoms with E-state index in [0.717, 1.165) is 28.6 Å². The maximum Gasteiger partial charge on any atom is 0.119 e. The normalized spacial score (nSPS) is 10.8. The van der Waals surface area contributed by atoms with Crippen LogP contribution in [0.2, 0.25) is 0 Å². The van der Waals surface area contributed by atoms with Crippen LogP contribution in [0.1, 0.15) is 40.1 Å². The molecule has 21 heavy (non-hydrogen) atoms. The van der Waals surface area contributed by atoms with Gasteiger partial charge in [0.25, 0.3) is 0 Å². The summed E-state index contributed by atoms with van der Waals surface area (Å²) in [6, 6.07) is 17.5. The van der Waals surface area contributed by atoms with Crippen molar-refractivity contribution in [3.05, 3.63) is 82.7 Å². The monoisotopic (exact) mass is 277 g/mol. The van der Waals surface area contributed by atoms with Crippen LogP contribution in [0, 0.1) is 25.2 Å². The number of rotatable bonds is 3. The minimum Gasteiger partial charge on any atom is -0.465 e. The van der Waals surface area contributed by atoms with Crippen molar-refractivity contribution >= 4 is 0 Å². The predicted octanol–water partition coefficient (Wildman–Crippen LogP) is 4.54. The van der Waals surface area contributed by atoms with Gasteiger partial charge in [-0.1, -0.05) is 18.2 Å². The van der Waals surface area contributed by atoms with Gasteiger partial charge in [0, 0.05) is 0 Å². The molecule has 1 aromatic carbocycles. The molecule has 0 aliphatic rings. The van der Waals surface area contributed by atoms with Crippen LogP contribution in [-0.4, -0.2) is 0 Å². The predicted molar refractivity (Wildman–Crippen MR) is 79.0 cm³/mol. The molecule has 0 unspecified atom stereocenters. The minimum atomic E-state index is -0.205. The minimum absolute atomic E-state index is 0.205. The number of hydrogen-bond donors (Lipinski definition) is 0. The average Bonchev–Trinajstić information content (AvgIpc) is 3.09. The van der Waals surface area contributed by atoms with Crippen molar-refractivity contribution in [1.82, 2.24) is 0 Å². The van der Waals surface area contributed by atoms with Crippen LogP contribution in [0.3, 0.4) is 0 Å². The number of aryl methyl sites for hydroxylation is 2. The standard InChI is InChI=1S/C18H15NO2/c1-12-7-9-16(20-12)18(17-10-8-13(2)21-17)15-6-4-3-5-14(15)11-19/h3-10,18H,1-2H3.